The Morgan fingerprint density at radius 2 is 2.16 bits per heavy atom. The fourth-order valence-electron chi connectivity index (χ4n) is 2.56. The third-order valence-electron chi connectivity index (χ3n) is 4.00. The lowest BCUT2D eigenvalue weighted by atomic mass is 10.2. The molecule has 0 saturated heterocycles. The van der Waals surface area contributed by atoms with Crippen LogP contribution in [0.1, 0.15) is 33.2 Å². The summed E-state index contributed by atoms with van der Waals surface area (Å²) in [5.41, 5.74) is -3.30. The summed E-state index contributed by atoms with van der Waals surface area (Å²) >= 11 is 0. The zero-order valence-electron chi connectivity index (χ0n) is 31.3. The van der Waals surface area contributed by atoms with E-state index < -0.39 is 106 Å². The monoisotopic (exact) mass is 453 g/mol. The number of benzene rings is 2. The molecule has 2 aromatic heterocycles. The molecular formula is C21H23N7O2S. The van der Waals surface area contributed by atoms with Crippen LogP contribution in [-0.4, -0.2) is 35.1 Å². The van der Waals surface area contributed by atoms with Crippen molar-refractivity contribution in [2.45, 2.75) is 18.6 Å². The quantitative estimate of drug-likeness (QED) is 0.476. The Morgan fingerprint density at radius 1 is 1.26 bits per heavy atom. The molecule has 0 aliphatic carbocycles. The van der Waals surface area contributed by atoms with E-state index in [-0.39, 0.29) is 15.3 Å². The van der Waals surface area contributed by atoms with E-state index in [4.69, 9.17) is 27.1 Å². The topological polar surface area (TPSA) is 119 Å². The lowest BCUT2D eigenvalue weighted by Gasteiger charge is -2.19. The Labute approximate surface area is 203 Å². The minimum absolute atomic E-state index is 0.111. The van der Waals surface area contributed by atoms with Crippen LogP contribution in [0.2, 0.25) is 0 Å². The molecule has 0 aliphatic heterocycles. The first kappa shape index (κ1) is 8.93. The highest BCUT2D eigenvalue weighted by atomic mass is 32.2. The summed E-state index contributed by atoms with van der Waals surface area (Å²) in [4.78, 5) is 7.34. The average Bonchev–Trinajstić information content (AvgIpc) is 3.32. The van der Waals surface area contributed by atoms with Gasteiger partial charge >= 0.3 is 0 Å². The summed E-state index contributed by atoms with van der Waals surface area (Å²) in [6, 6.07) is -0.676. The van der Waals surface area contributed by atoms with Crippen LogP contribution in [0.15, 0.2) is 53.5 Å². The molecule has 2 heterocycles. The molecule has 160 valence electrons. The number of fused-ring (bicyclic) bond motifs is 1. The van der Waals surface area contributed by atoms with Crippen LogP contribution < -0.4 is 15.4 Å². The normalized spacial score (nSPS) is 20.8. The standard InChI is InChI=1S/C21H23N7O2S/c1-13-5-6-15(11-19(13)31(22,29)30)24-21-23-10-9-20(25-21)27(3)16-7-8-17-14(2)28(4)26-18(17)12-16/h5-12H,1-4H3,(H2,22,29,30)(H,23,24,25)/i1D3,2D3,3D3,4D3,7D,8D,9D,12D. The first-order valence-electron chi connectivity index (χ1n) is 16.3. The number of rotatable bonds is 5. The second kappa shape index (κ2) is 7.64. The van der Waals surface area contributed by atoms with Gasteiger partial charge in [-0.25, -0.2) is 18.5 Å². The number of anilines is 4. The van der Waals surface area contributed by atoms with Crippen LogP contribution in [-0.2, 0) is 17.0 Å². The van der Waals surface area contributed by atoms with Gasteiger partial charge in [-0.15, -0.1) is 0 Å². The van der Waals surface area contributed by atoms with Crippen molar-refractivity contribution in [3.05, 3.63) is 59.8 Å². The van der Waals surface area contributed by atoms with Crippen molar-refractivity contribution in [3.63, 3.8) is 0 Å². The lowest BCUT2D eigenvalue weighted by molar-refractivity contribution is 0.597. The fraction of sp³-hybridized carbons (Fsp3) is 0.190. The van der Waals surface area contributed by atoms with E-state index in [2.05, 4.69) is 20.4 Å². The molecular weight excluding hydrogens is 414 g/mol. The number of nitrogens with two attached hydrogens (primary N) is 1. The van der Waals surface area contributed by atoms with E-state index in [1.807, 2.05) is 0 Å². The van der Waals surface area contributed by atoms with E-state index in [0.29, 0.717) is 0 Å². The number of aromatic nitrogens is 4. The molecule has 0 unspecified atom stereocenters. The van der Waals surface area contributed by atoms with Crippen molar-refractivity contribution >= 4 is 44.1 Å². The van der Waals surface area contributed by atoms with Crippen molar-refractivity contribution in [1.82, 2.24) is 19.7 Å². The maximum atomic E-state index is 12.1. The van der Waals surface area contributed by atoms with Gasteiger partial charge < -0.3 is 10.2 Å². The number of aryl methyl sites for hydroxylation is 3. The Morgan fingerprint density at radius 3 is 2.90 bits per heavy atom. The molecule has 9 nitrogen and oxygen atoms in total. The zero-order valence-corrected chi connectivity index (χ0v) is 16.2. The Balaban J connectivity index is 1.96. The second-order valence-corrected chi connectivity index (χ2v) is 7.62. The van der Waals surface area contributed by atoms with Gasteiger partial charge in [-0.05, 0) is 55.6 Å². The maximum Gasteiger partial charge on any atom is 0.238 e. The van der Waals surface area contributed by atoms with Crippen molar-refractivity contribution in [1.29, 1.82) is 0 Å². The smallest absolute Gasteiger partial charge is 0.238 e. The second-order valence-electron chi connectivity index (χ2n) is 6.09. The SMILES string of the molecule is [2H]c1cnc(Nc2ccc(C([2H])([2H])[2H])c(S(N)(=O)=O)c2)nc1N(c1c([2H])c([2H])c2c(C([2H])([2H])[2H])n(C([2H])([2H])[2H])nc2c1[2H])C([2H])([2H])[2H]. The molecule has 0 spiro atoms. The number of nitrogens with one attached hydrogen (secondary N) is 1. The van der Waals surface area contributed by atoms with Gasteiger partial charge in [0.15, 0.2) is 0 Å². The highest BCUT2D eigenvalue weighted by molar-refractivity contribution is 7.89. The van der Waals surface area contributed by atoms with Crippen molar-refractivity contribution in [2.75, 3.05) is 17.2 Å². The van der Waals surface area contributed by atoms with Gasteiger partial charge in [0.25, 0.3) is 0 Å². The molecule has 0 aliphatic rings. The highest BCUT2D eigenvalue weighted by Gasteiger charge is 2.14. The summed E-state index contributed by atoms with van der Waals surface area (Å²) in [7, 11) is -4.56. The van der Waals surface area contributed by atoms with Crippen molar-refractivity contribution in [2.24, 2.45) is 12.1 Å². The van der Waals surface area contributed by atoms with Gasteiger partial charge in [0.05, 0.1) is 15.9 Å². The Bertz CT molecular complexity index is 2000. The number of nitrogens with zero attached hydrogens (tertiary/aromatic N) is 5. The van der Waals surface area contributed by atoms with E-state index in [0.717, 1.165) is 24.4 Å². The van der Waals surface area contributed by atoms with Crippen LogP contribution in [0.5, 0.6) is 0 Å². The number of sulfonamides is 1. The summed E-state index contributed by atoms with van der Waals surface area (Å²) in [6.45, 7) is -12.6. The summed E-state index contributed by atoms with van der Waals surface area (Å²) in [5.74, 6) is -1.26. The van der Waals surface area contributed by atoms with Gasteiger partial charge in [-0.1, -0.05) is 6.07 Å². The lowest BCUT2D eigenvalue weighted by Crippen LogP contribution is -2.14. The molecule has 0 radical (unpaired) electrons. The number of primary sulfonamides is 1. The van der Waals surface area contributed by atoms with Crippen molar-refractivity contribution < 1.29 is 30.3 Å². The molecule has 0 fully saturated rings. The highest BCUT2D eigenvalue weighted by Crippen LogP contribution is 2.28. The van der Waals surface area contributed by atoms with E-state index in [1.165, 1.54) is 0 Å². The Hall–Kier alpha value is -3.50. The van der Waals surface area contributed by atoms with Crippen LogP contribution in [0, 0.1) is 13.7 Å². The van der Waals surface area contributed by atoms with Crippen LogP contribution >= 0.6 is 0 Å². The van der Waals surface area contributed by atoms with Gasteiger partial charge in [0.1, 0.15) is 5.82 Å². The number of hydrogen-bond donors (Lipinski definition) is 2. The predicted molar refractivity (Wildman–Crippen MR) is 121 cm³/mol. The molecule has 0 atom stereocenters. The third-order valence-corrected chi connectivity index (χ3v) is 4.95. The molecule has 2 aromatic carbocycles. The van der Waals surface area contributed by atoms with E-state index in [1.54, 1.807) is 0 Å². The summed E-state index contributed by atoms with van der Waals surface area (Å²) in [6.07, 6.45) is 0.810. The summed E-state index contributed by atoms with van der Waals surface area (Å²) in [5, 5.41) is 10.8. The van der Waals surface area contributed by atoms with Gasteiger partial charge in [0, 0.05) is 59.1 Å². The van der Waals surface area contributed by atoms with Gasteiger partial charge in [0.2, 0.25) is 16.0 Å². The molecule has 31 heavy (non-hydrogen) atoms. The summed E-state index contributed by atoms with van der Waals surface area (Å²) < 4.78 is 153. The molecule has 4 aromatic rings. The first-order valence-corrected chi connectivity index (χ1v) is 9.82. The average molecular weight is 454 g/mol. The minimum atomic E-state index is -4.56. The number of hydrogen-bond acceptors (Lipinski definition) is 7. The largest absolute Gasteiger partial charge is 0.329 e. The molecule has 4 rings (SSSR count). The van der Waals surface area contributed by atoms with Crippen molar-refractivity contribution in [3.8, 4) is 0 Å². The predicted octanol–water partition coefficient (Wildman–Crippen LogP) is 3.14. The van der Waals surface area contributed by atoms with E-state index >= 15 is 0 Å². The van der Waals surface area contributed by atoms with Crippen LogP contribution in [0.25, 0.3) is 10.9 Å². The maximum absolute atomic E-state index is 12.1. The minimum Gasteiger partial charge on any atom is -0.329 e. The molecule has 3 N–H and O–H groups in total. The van der Waals surface area contributed by atoms with Gasteiger partial charge in [-0.3, -0.25) is 4.68 Å². The molecule has 0 bridgehead atoms. The van der Waals surface area contributed by atoms with Crippen LogP contribution in [0.3, 0.4) is 0 Å². The van der Waals surface area contributed by atoms with Gasteiger partial charge in [-0.2, -0.15) is 10.1 Å². The molecule has 0 saturated carbocycles. The fourth-order valence-corrected chi connectivity index (χ4v) is 3.22. The first-order chi connectivity index (χ1) is 21.2. The van der Waals surface area contributed by atoms with Crippen LogP contribution in [0.4, 0.5) is 23.1 Å². The molecule has 0 amide bonds. The van der Waals surface area contributed by atoms with E-state index in [9.17, 15) is 8.42 Å². The third kappa shape index (κ3) is 4.07. The Kier molecular flexibility index (Phi) is 2.20. The zero-order chi connectivity index (χ0) is 35.8. The molecule has 10 heteroatoms.